The van der Waals surface area contributed by atoms with E-state index in [1.807, 2.05) is 42.5 Å². The summed E-state index contributed by atoms with van der Waals surface area (Å²) < 4.78 is 9.73. The minimum absolute atomic E-state index is 0.453. The zero-order valence-corrected chi connectivity index (χ0v) is 10.3. The first-order valence-corrected chi connectivity index (χ1v) is 5.61. The molecule has 0 aliphatic heterocycles. The second kappa shape index (κ2) is 5.51. The van der Waals surface area contributed by atoms with Gasteiger partial charge in [0.25, 0.3) is 0 Å². The molecule has 0 amide bonds. The normalized spacial score (nSPS) is 12.1. The van der Waals surface area contributed by atoms with Crippen LogP contribution in [0.2, 0.25) is 0 Å². The zero-order valence-electron chi connectivity index (χ0n) is 10.3. The Morgan fingerprint density at radius 1 is 1.11 bits per heavy atom. The van der Waals surface area contributed by atoms with Gasteiger partial charge in [-0.1, -0.05) is 36.4 Å². The number of carbonyl (C=O) groups is 1. The second-order valence-electron chi connectivity index (χ2n) is 3.81. The van der Waals surface area contributed by atoms with E-state index in [-0.39, 0.29) is 0 Å². The molecule has 1 atom stereocenters. The Morgan fingerprint density at radius 3 is 2.56 bits per heavy atom. The van der Waals surface area contributed by atoms with Crippen molar-refractivity contribution in [3.05, 3.63) is 42.5 Å². The average Bonchev–Trinajstić information content (AvgIpc) is 2.44. The molecule has 2 rings (SSSR count). The zero-order chi connectivity index (χ0) is 13.0. The lowest BCUT2D eigenvalue weighted by Gasteiger charge is -2.17. The van der Waals surface area contributed by atoms with Crippen LogP contribution in [0.15, 0.2) is 42.5 Å². The van der Waals surface area contributed by atoms with Crippen molar-refractivity contribution in [1.82, 2.24) is 0 Å². The van der Waals surface area contributed by atoms with Crippen LogP contribution in [0, 0.1) is 0 Å². The summed E-state index contributed by atoms with van der Waals surface area (Å²) in [4.78, 5) is 11.5. The molecule has 18 heavy (non-hydrogen) atoms. The molecule has 2 aromatic rings. The Hall–Kier alpha value is -2.07. The van der Waals surface area contributed by atoms with Crippen molar-refractivity contribution in [3.8, 4) is 0 Å². The molecule has 0 radical (unpaired) electrons. The van der Waals surface area contributed by atoms with Crippen molar-refractivity contribution in [2.24, 2.45) is 0 Å². The largest absolute Gasteiger partial charge is 0.466 e. The fourth-order valence-electron chi connectivity index (χ4n) is 1.81. The highest BCUT2D eigenvalue weighted by molar-refractivity contribution is 5.95. The fraction of sp³-hybridized carbons (Fsp3) is 0.214. The lowest BCUT2D eigenvalue weighted by atomic mass is 10.1. The number of fused-ring (bicyclic) bond motifs is 1. The Kier molecular flexibility index (Phi) is 3.79. The predicted octanol–water partition coefficient (Wildman–Crippen LogP) is 2.40. The summed E-state index contributed by atoms with van der Waals surface area (Å²) in [5.74, 6) is -0.453. The SMILES string of the molecule is COC(=O)[C@@H](Nc1cccc2ccccc12)OC. The van der Waals surface area contributed by atoms with Gasteiger partial charge in [-0.05, 0) is 11.5 Å². The number of hydrogen-bond acceptors (Lipinski definition) is 4. The van der Waals surface area contributed by atoms with Gasteiger partial charge in [-0.2, -0.15) is 0 Å². The minimum Gasteiger partial charge on any atom is -0.466 e. The van der Waals surface area contributed by atoms with Gasteiger partial charge in [-0.25, -0.2) is 4.79 Å². The van der Waals surface area contributed by atoms with Gasteiger partial charge in [0.1, 0.15) is 0 Å². The van der Waals surface area contributed by atoms with E-state index in [1.54, 1.807) is 0 Å². The van der Waals surface area contributed by atoms with E-state index in [9.17, 15) is 4.79 Å². The average molecular weight is 245 g/mol. The summed E-state index contributed by atoms with van der Waals surface area (Å²) in [6.45, 7) is 0. The van der Waals surface area contributed by atoms with Crippen molar-refractivity contribution in [1.29, 1.82) is 0 Å². The lowest BCUT2D eigenvalue weighted by molar-refractivity contribution is -0.150. The molecule has 0 saturated carbocycles. The van der Waals surface area contributed by atoms with Crippen LogP contribution in [0.3, 0.4) is 0 Å². The number of methoxy groups -OCH3 is 2. The van der Waals surface area contributed by atoms with Gasteiger partial charge < -0.3 is 14.8 Å². The first-order valence-electron chi connectivity index (χ1n) is 5.61. The molecule has 0 aliphatic carbocycles. The standard InChI is InChI=1S/C14H15NO3/c1-17-13(14(16)18-2)15-12-9-5-7-10-6-3-4-8-11(10)12/h3-9,13,15H,1-2H3/t13-/m0/s1. The van der Waals surface area contributed by atoms with Gasteiger partial charge in [0.15, 0.2) is 0 Å². The molecule has 0 saturated heterocycles. The van der Waals surface area contributed by atoms with E-state index in [1.165, 1.54) is 14.2 Å². The highest BCUT2D eigenvalue weighted by Crippen LogP contribution is 2.23. The number of benzene rings is 2. The van der Waals surface area contributed by atoms with Gasteiger partial charge in [0, 0.05) is 18.2 Å². The molecule has 4 nitrogen and oxygen atoms in total. The van der Waals surface area contributed by atoms with Crippen molar-refractivity contribution >= 4 is 22.4 Å². The highest BCUT2D eigenvalue weighted by Gasteiger charge is 2.18. The van der Waals surface area contributed by atoms with Crippen molar-refractivity contribution in [2.45, 2.75) is 6.23 Å². The van der Waals surface area contributed by atoms with E-state index in [0.717, 1.165) is 16.5 Å². The van der Waals surface area contributed by atoms with Crippen molar-refractivity contribution in [2.75, 3.05) is 19.5 Å². The molecule has 0 aromatic heterocycles. The number of carbonyl (C=O) groups excluding carboxylic acids is 1. The van der Waals surface area contributed by atoms with Crippen LogP contribution in [0.1, 0.15) is 0 Å². The molecule has 0 bridgehead atoms. The number of ether oxygens (including phenoxy) is 2. The number of hydrogen-bond donors (Lipinski definition) is 1. The third-order valence-electron chi connectivity index (χ3n) is 2.73. The first-order chi connectivity index (χ1) is 8.76. The number of rotatable bonds is 4. The van der Waals surface area contributed by atoms with Gasteiger partial charge >= 0.3 is 5.97 Å². The van der Waals surface area contributed by atoms with E-state index < -0.39 is 12.2 Å². The monoisotopic (exact) mass is 245 g/mol. The summed E-state index contributed by atoms with van der Waals surface area (Å²) in [6.07, 6.45) is -0.805. The van der Waals surface area contributed by atoms with E-state index in [2.05, 4.69) is 10.1 Å². The van der Waals surface area contributed by atoms with Crippen LogP contribution in [-0.2, 0) is 14.3 Å². The maximum atomic E-state index is 11.5. The maximum Gasteiger partial charge on any atom is 0.356 e. The predicted molar refractivity (Wildman–Crippen MR) is 70.4 cm³/mol. The molecule has 0 unspecified atom stereocenters. The van der Waals surface area contributed by atoms with Gasteiger partial charge in [0.05, 0.1) is 7.11 Å². The molecule has 0 spiro atoms. The molecule has 1 N–H and O–H groups in total. The summed E-state index contributed by atoms with van der Waals surface area (Å²) in [5, 5.41) is 5.16. The second-order valence-corrected chi connectivity index (χ2v) is 3.81. The lowest BCUT2D eigenvalue weighted by Crippen LogP contribution is -2.32. The third-order valence-corrected chi connectivity index (χ3v) is 2.73. The molecule has 0 heterocycles. The Labute approximate surface area is 106 Å². The topological polar surface area (TPSA) is 47.6 Å². The summed E-state index contributed by atoms with van der Waals surface area (Å²) >= 11 is 0. The maximum absolute atomic E-state index is 11.5. The molecule has 2 aromatic carbocycles. The minimum atomic E-state index is -0.805. The summed E-state index contributed by atoms with van der Waals surface area (Å²) in [5.41, 5.74) is 0.838. The molecular weight excluding hydrogens is 230 g/mol. The van der Waals surface area contributed by atoms with E-state index in [0.29, 0.717) is 0 Å². The van der Waals surface area contributed by atoms with Gasteiger partial charge in [-0.15, -0.1) is 0 Å². The van der Waals surface area contributed by atoms with Crippen LogP contribution in [0.5, 0.6) is 0 Å². The quantitative estimate of drug-likeness (QED) is 0.663. The van der Waals surface area contributed by atoms with E-state index >= 15 is 0 Å². The van der Waals surface area contributed by atoms with Crippen molar-refractivity contribution in [3.63, 3.8) is 0 Å². The number of esters is 1. The van der Waals surface area contributed by atoms with Gasteiger partial charge in [-0.3, -0.25) is 0 Å². The van der Waals surface area contributed by atoms with Crippen LogP contribution in [0.4, 0.5) is 5.69 Å². The smallest absolute Gasteiger partial charge is 0.356 e. The third kappa shape index (κ3) is 2.43. The summed E-state index contributed by atoms with van der Waals surface area (Å²) in [7, 11) is 2.79. The molecule has 94 valence electrons. The van der Waals surface area contributed by atoms with E-state index in [4.69, 9.17) is 4.74 Å². The number of anilines is 1. The molecule has 0 aliphatic rings. The van der Waals surface area contributed by atoms with Crippen LogP contribution in [0.25, 0.3) is 10.8 Å². The van der Waals surface area contributed by atoms with Crippen LogP contribution >= 0.6 is 0 Å². The van der Waals surface area contributed by atoms with Crippen LogP contribution < -0.4 is 5.32 Å². The molecular formula is C14H15NO3. The Bertz CT molecular complexity index is 548. The summed E-state index contributed by atoms with van der Waals surface area (Å²) in [6, 6.07) is 13.8. The Balaban J connectivity index is 2.33. The first kappa shape index (κ1) is 12.4. The molecule has 4 heteroatoms. The van der Waals surface area contributed by atoms with Crippen molar-refractivity contribution < 1.29 is 14.3 Å². The van der Waals surface area contributed by atoms with Gasteiger partial charge in [0.2, 0.25) is 6.23 Å². The van der Waals surface area contributed by atoms with Crippen LogP contribution in [-0.4, -0.2) is 26.4 Å². The number of nitrogens with one attached hydrogen (secondary N) is 1. The highest BCUT2D eigenvalue weighted by atomic mass is 16.6. The fourth-order valence-corrected chi connectivity index (χ4v) is 1.81. The molecule has 0 fully saturated rings. The Morgan fingerprint density at radius 2 is 1.83 bits per heavy atom.